The fourth-order valence-electron chi connectivity index (χ4n) is 2.49. The molecule has 1 atom stereocenters. The van der Waals surface area contributed by atoms with Crippen molar-refractivity contribution in [1.82, 2.24) is 4.98 Å². The molecule has 3 nitrogen and oxygen atoms in total. The molecular formula is C15H25N3. The van der Waals surface area contributed by atoms with Crippen LogP contribution in [-0.2, 0) is 0 Å². The van der Waals surface area contributed by atoms with Crippen LogP contribution in [0.3, 0.4) is 0 Å². The zero-order chi connectivity index (χ0) is 13.0. The third kappa shape index (κ3) is 3.15. The maximum absolute atomic E-state index is 4.70. The highest BCUT2D eigenvalue weighted by Gasteiger charge is 2.25. The molecule has 3 heteroatoms. The summed E-state index contributed by atoms with van der Waals surface area (Å²) in [4.78, 5) is 7.12. The van der Waals surface area contributed by atoms with Gasteiger partial charge in [-0.1, -0.05) is 26.8 Å². The van der Waals surface area contributed by atoms with Gasteiger partial charge in [-0.05, 0) is 36.8 Å². The van der Waals surface area contributed by atoms with E-state index in [1.807, 2.05) is 0 Å². The second-order valence-electron chi connectivity index (χ2n) is 5.55. The molecule has 0 bridgehead atoms. The molecule has 1 saturated heterocycles. The van der Waals surface area contributed by atoms with Gasteiger partial charge in [-0.15, -0.1) is 0 Å². The lowest BCUT2D eigenvalue weighted by Crippen LogP contribution is -2.22. The minimum absolute atomic E-state index is 0.774. The first-order valence-electron chi connectivity index (χ1n) is 7.16. The third-order valence-corrected chi connectivity index (χ3v) is 3.78. The van der Waals surface area contributed by atoms with Gasteiger partial charge in [0.15, 0.2) is 0 Å². The molecule has 1 aromatic heterocycles. The Bertz CT molecular complexity index is 376. The lowest BCUT2D eigenvalue weighted by Gasteiger charge is -2.19. The van der Waals surface area contributed by atoms with E-state index in [4.69, 9.17) is 4.98 Å². The second-order valence-corrected chi connectivity index (χ2v) is 5.55. The fraction of sp³-hybridized carbons (Fsp3) is 0.667. The van der Waals surface area contributed by atoms with E-state index < -0.39 is 0 Å². The van der Waals surface area contributed by atoms with E-state index in [2.05, 4.69) is 49.2 Å². The number of hydrogen-bond acceptors (Lipinski definition) is 3. The standard InChI is InChI=1S/C15H25N3/c1-4-9-16-14-6-5-7-15(17-14)18-10-8-13(11-18)12(2)3/h5-7,12-13H,4,8-11H2,1-3H3,(H,16,17). The molecule has 1 unspecified atom stereocenters. The highest BCUT2D eigenvalue weighted by Crippen LogP contribution is 2.27. The molecular weight excluding hydrogens is 222 g/mol. The van der Waals surface area contributed by atoms with Gasteiger partial charge in [-0.2, -0.15) is 0 Å². The maximum Gasteiger partial charge on any atom is 0.130 e. The van der Waals surface area contributed by atoms with Crippen molar-refractivity contribution in [3.63, 3.8) is 0 Å². The number of hydrogen-bond donors (Lipinski definition) is 1. The first kappa shape index (κ1) is 13.2. The minimum Gasteiger partial charge on any atom is -0.370 e. The minimum atomic E-state index is 0.774. The number of aromatic nitrogens is 1. The molecule has 2 rings (SSSR count). The smallest absolute Gasteiger partial charge is 0.130 e. The SMILES string of the molecule is CCCNc1cccc(N2CCC(C(C)C)C2)n1. The average Bonchev–Trinajstić information content (AvgIpc) is 2.86. The van der Waals surface area contributed by atoms with Crippen LogP contribution >= 0.6 is 0 Å². The van der Waals surface area contributed by atoms with Gasteiger partial charge in [0, 0.05) is 19.6 Å². The van der Waals surface area contributed by atoms with Crippen molar-refractivity contribution in [1.29, 1.82) is 0 Å². The van der Waals surface area contributed by atoms with Crippen molar-refractivity contribution in [3.05, 3.63) is 18.2 Å². The van der Waals surface area contributed by atoms with E-state index in [0.717, 1.165) is 49.5 Å². The molecule has 1 N–H and O–H groups in total. The quantitative estimate of drug-likeness (QED) is 0.864. The topological polar surface area (TPSA) is 28.2 Å². The summed E-state index contributed by atoms with van der Waals surface area (Å²) >= 11 is 0. The zero-order valence-electron chi connectivity index (χ0n) is 11.8. The van der Waals surface area contributed by atoms with Crippen molar-refractivity contribution in [2.75, 3.05) is 29.9 Å². The van der Waals surface area contributed by atoms with E-state index in [-0.39, 0.29) is 0 Å². The van der Waals surface area contributed by atoms with Crippen LogP contribution in [0.15, 0.2) is 18.2 Å². The second kappa shape index (κ2) is 6.07. The van der Waals surface area contributed by atoms with Gasteiger partial charge in [0.1, 0.15) is 11.6 Å². The Labute approximate surface area is 111 Å². The molecule has 0 aromatic carbocycles. The summed E-state index contributed by atoms with van der Waals surface area (Å²) in [7, 11) is 0. The summed E-state index contributed by atoms with van der Waals surface area (Å²) in [6.45, 7) is 10.1. The predicted molar refractivity (Wildman–Crippen MR) is 78.2 cm³/mol. The van der Waals surface area contributed by atoms with Crippen molar-refractivity contribution in [2.45, 2.75) is 33.6 Å². The molecule has 0 radical (unpaired) electrons. The van der Waals surface area contributed by atoms with Crippen LogP contribution in [-0.4, -0.2) is 24.6 Å². The first-order valence-corrected chi connectivity index (χ1v) is 7.16. The summed E-state index contributed by atoms with van der Waals surface area (Å²) in [5.41, 5.74) is 0. The Morgan fingerprint density at radius 2 is 2.28 bits per heavy atom. The molecule has 2 heterocycles. The van der Waals surface area contributed by atoms with E-state index in [1.165, 1.54) is 6.42 Å². The Morgan fingerprint density at radius 1 is 1.44 bits per heavy atom. The number of anilines is 2. The lowest BCUT2D eigenvalue weighted by atomic mass is 9.95. The predicted octanol–water partition coefficient (Wildman–Crippen LogP) is 3.39. The molecule has 18 heavy (non-hydrogen) atoms. The number of pyridine rings is 1. The third-order valence-electron chi connectivity index (χ3n) is 3.78. The Balaban J connectivity index is 2.01. The van der Waals surface area contributed by atoms with Gasteiger partial charge in [0.05, 0.1) is 0 Å². The van der Waals surface area contributed by atoms with Gasteiger partial charge in [0.25, 0.3) is 0 Å². The highest BCUT2D eigenvalue weighted by molar-refractivity contribution is 5.47. The summed E-state index contributed by atoms with van der Waals surface area (Å²) in [5, 5.41) is 3.35. The van der Waals surface area contributed by atoms with E-state index in [1.54, 1.807) is 0 Å². The fourth-order valence-corrected chi connectivity index (χ4v) is 2.49. The van der Waals surface area contributed by atoms with Gasteiger partial charge in [0.2, 0.25) is 0 Å². The van der Waals surface area contributed by atoms with Crippen LogP contribution in [0.1, 0.15) is 33.6 Å². The molecule has 0 spiro atoms. The molecule has 1 aliphatic rings. The lowest BCUT2D eigenvalue weighted by molar-refractivity contribution is 0.422. The van der Waals surface area contributed by atoms with Crippen molar-refractivity contribution in [2.24, 2.45) is 11.8 Å². The normalized spacial score (nSPS) is 19.6. The van der Waals surface area contributed by atoms with E-state index in [9.17, 15) is 0 Å². The molecule has 0 saturated carbocycles. The van der Waals surface area contributed by atoms with Crippen LogP contribution in [0.25, 0.3) is 0 Å². The summed E-state index contributed by atoms with van der Waals surface area (Å²) < 4.78 is 0. The number of nitrogens with zero attached hydrogens (tertiary/aromatic N) is 2. The van der Waals surface area contributed by atoms with E-state index >= 15 is 0 Å². The van der Waals surface area contributed by atoms with Crippen LogP contribution in [0.5, 0.6) is 0 Å². The monoisotopic (exact) mass is 247 g/mol. The van der Waals surface area contributed by atoms with Crippen molar-refractivity contribution < 1.29 is 0 Å². The van der Waals surface area contributed by atoms with Crippen LogP contribution in [0.2, 0.25) is 0 Å². The van der Waals surface area contributed by atoms with Gasteiger partial charge < -0.3 is 10.2 Å². The molecule has 1 aliphatic heterocycles. The van der Waals surface area contributed by atoms with Crippen molar-refractivity contribution >= 4 is 11.6 Å². The summed E-state index contributed by atoms with van der Waals surface area (Å²) in [6.07, 6.45) is 2.43. The first-order chi connectivity index (χ1) is 8.70. The number of rotatable bonds is 5. The summed E-state index contributed by atoms with van der Waals surface area (Å²) in [5.74, 6) is 3.72. The Morgan fingerprint density at radius 3 is 2.94 bits per heavy atom. The van der Waals surface area contributed by atoms with Gasteiger partial charge in [-0.25, -0.2) is 4.98 Å². The summed E-state index contributed by atoms with van der Waals surface area (Å²) in [6, 6.07) is 6.28. The average molecular weight is 247 g/mol. The molecule has 1 aromatic rings. The molecule has 1 fully saturated rings. The van der Waals surface area contributed by atoms with Gasteiger partial charge >= 0.3 is 0 Å². The molecule has 0 aliphatic carbocycles. The maximum atomic E-state index is 4.70. The Hall–Kier alpha value is -1.25. The van der Waals surface area contributed by atoms with Crippen LogP contribution < -0.4 is 10.2 Å². The zero-order valence-corrected chi connectivity index (χ0v) is 11.8. The van der Waals surface area contributed by atoms with Crippen LogP contribution in [0, 0.1) is 11.8 Å². The van der Waals surface area contributed by atoms with Crippen LogP contribution in [0.4, 0.5) is 11.6 Å². The highest BCUT2D eigenvalue weighted by atomic mass is 15.2. The Kier molecular flexibility index (Phi) is 4.45. The van der Waals surface area contributed by atoms with E-state index in [0.29, 0.717) is 0 Å². The molecule has 0 amide bonds. The largest absolute Gasteiger partial charge is 0.370 e. The number of nitrogens with one attached hydrogen (secondary N) is 1. The molecule has 100 valence electrons. The van der Waals surface area contributed by atoms with Crippen molar-refractivity contribution in [3.8, 4) is 0 Å². The van der Waals surface area contributed by atoms with Gasteiger partial charge in [-0.3, -0.25) is 0 Å².